The van der Waals surface area contributed by atoms with Crippen molar-refractivity contribution in [3.8, 4) is 0 Å². The van der Waals surface area contributed by atoms with Gasteiger partial charge < -0.3 is 10.2 Å². The normalized spacial score (nSPS) is 13.6. The molecule has 5 heteroatoms. The highest BCUT2D eigenvalue weighted by atomic mass is 19.1. The van der Waals surface area contributed by atoms with Gasteiger partial charge in [0.25, 0.3) is 0 Å². The SMILES string of the molecule is CCNCc1cncc(N2CCc3ccc(F)cc32)n1. The van der Waals surface area contributed by atoms with E-state index >= 15 is 0 Å². The Hall–Kier alpha value is -2.01. The fourth-order valence-electron chi connectivity index (χ4n) is 2.45. The van der Waals surface area contributed by atoms with Crippen LogP contribution in [0.5, 0.6) is 0 Å². The van der Waals surface area contributed by atoms with E-state index in [1.54, 1.807) is 18.5 Å². The van der Waals surface area contributed by atoms with Crippen LogP contribution in [0.4, 0.5) is 15.9 Å². The molecule has 0 saturated carbocycles. The number of aromatic nitrogens is 2. The number of rotatable bonds is 4. The second-order valence-corrected chi connectivity index (χ2v) is 4.82. The standard InChI is InChI=1S/C15H17FN4/c1-2-17-8-13-9-18-10-15(19-13)20-6-5-11-3-4-12(16)7-14(11)20/h3-4,7,9-10,17H,2,5-6,8H2,1H3. The van der Waals surface area contributed by atoms with E-state index in [2.05, 4.69) is 22.2 Å². The fourth-order valence-corrected chi connectivity index (χ4v) is 2.45. The van der Waals surface area contributed by atoms with E-state index in [1.165, 1.54) is 6.07 Å². The van der Waals surface area contributed by atoms with Gasteiger partial charge in [0.1, 0.15) is 5.82 Å². The molecule has 1 aliphatic rings. The largest absolute Gasteiger partial charge is 0.324 e. The van der Waals surface area contributed by atoms with E-state index in [4.69, 9.17) is 0 Å². The molecule has 1 aromatic carbocycles. The van der Waals surface area contributed by atoms with E-state index in [9.17, 15) is 4.39 Å². The number of hydrogen-bond donors (Lipinski definition) is 1. The van der Waals surface area contributed by atoms with Gasteiger partial charge in [-0.25, -0.2) is 9.37 Å². The predicted octanol–water partition coefficient (Wildman–Crippen LogP) is 2.42. The molecule has 1 aromatic heterocycles. The van der Waals surface area contributed by atoms with Gasteiger partial charge >= 0.3 is 0 Å². The van der Waals surface area contributed by atoms with Gasteiger partial charge in [0.05, 0.1) is 11.9 Å². The number of halogens is 1. The molecule has 0 spiro atoms. The van der Waals surface area contributed by atoms with Gasteiger partial charge in [-0.1, -0.05) is 13.0 Å². The van der Waals surface area contributed by atoms with E-state index in [1.807, 2.05) is 11.0 Å². The maximum atomic E-state index is 13.4. The first-order chi connectivity index (χ1) is 9.78. The first-order valence-electron chi connectivity index (χ1n) is 6.85. The molecule has 0 atom stereocenters. The van der Waals surface area contributed by atoms with Gasteiger partial charge in [-0.3, -0.25) is 4.98 Å². The van der Waals surface area contributed by atoms with Gasteiger partial charge in [-0.05, 0) is 30.7 Å². The highest BCUT2D eigenvalue weighted by molar-refractivity contribution is 5.67. The van der Waals surface area contributed by atoms with Gasteiger partial charge in [-0.15, -0.1) is 0 Å². The third kappa shape index (κ3) is 2.49. The summed E-state index contributed by atoms with van der Waals surface area (Å²) in [6.45, 7) is 4.46. The second kappa shape index (κ2) is 5.54. The Kier molecular flexibility index (Phi) is 3.60. The van der Waals surface area contributed by atoms with E-state index in [0.29, 0.717) is 6.54 Å². The Labute approximate surface area is 117 Å². The summed E-state index contributed by atoms with van der Waals surface area (Å²) >= 11 is 0. The molecule has 2 aromatic rings. The van der Waals surface area contributed by atoms with Crippen molar-refractivity contribution in [1.82, 2.24) is 15.3 Å². The zero-order valence-electron chi connectivity index (χ0n) is 11.4. The summed E-state index contributed by atoms with van der Waals surface area (Å²) in [7, 11) is 0. The summed E-state index contributed by atoms with van der Waals surface area (Å²) in [5.74, 6) is 0.567. The Morgan fingerprint density at radius 1 is 1.35 bits per heavy atom. The minimum Gasteiger partial charge on any atom is -0.324 e. The van der Waals surface area contributed by atoms with E-state index < -0.39 is 0 Å². The predicted molar refractivity (Wildman–Crippen MR) is 76.5 cm³/mol. The van der Waals surface area contributed by atoms with Crippen LogP contribution in [0.15, 0.2) is 30.6 Å². The highest BCUT2D eigenvalue weighted by Gasteiger charge is 2.22. The molecule has 20 heavy (non-hydrogen) atoms. The molecule has 0 radical (unpaired) electrons. The van der Waals surface area contributed by atoms with Crippen molar-refractivity contribution in [1.29, 1.82) is 0 Å². The van der Waals surface area contributed by atoms with Crippen molar-refractivity contribution in [3.05, 3.63) is 47.7 Å². The molecule has 2 heterocycles. The zero-order valence-corrected chi connectivity index (χ0v) is 11.4. The van der Waals surface area contributed by atoms with Crippen LogP contribution in [0.1, 0.15) is 18.2 Å². The molecular formula is C15H17FN4. The number of fused-ring (bicyclic) bond motifs is 1. The van der Waals surface area contributed by atoms with Crippen LogP contribution >= 0.6 is 0 Å². The topological polar surface area (TPSA) is 41.1 Å². The lowest BCUT2D eigenvalue weighted by Crippen LogP contribution is -2.18. The maximum Gasteiger partial charge on any atom is 0.151 e. The number of benzene rings is 1. The molecule has 0 unspecified atom stereocenters. The van der Waals surface area contributed by atoms with Gasteiger partial charge in [0.15, 0.2) is 5.82 Å². The van der Waals surface area contributed by atoms with Crippen LogP contribution in [0.2, 0.25) is 0 Å². The maximum absolute atomic E-state index is 13.4. The Balaban J connectivity index is 1.90. The Bertz CT molecular complexity index is 615. The quantitative estimate of drug-likeness (QED) is 0.928. The van der Waals surface area contributed by atoms with Crippen LogP contribution < -0.4 is 10.2 Å². The molecule has 0 amide bonds. The lowest BCUT2D eigenvalue weighted by Gasteiger charge is -2.18. The molecule has 0 saturated heterocycles. The number of hydrogen-bond acceptors (Lipinski definition) is 4. The molecule has 3 rings (SSSR count). The smallest absolute Gasteiger partial charge is 0.151 e. The van der Waals surface area contributed by atoms with Crippen molar-refractivity contribution >= 4 is 11.5 Å². The van der Waals surface area contributed by atoms with Crippen molar-refractivity contribution < 1.29 is 4.39 Å². The van der Waals surface area contributed by atoms with Gasteiger partial charge in [0.2, 0.25) is 0 Å². The van der Waals surface area contributed by atoms with Crippen LogP contribution in [-0.2, 0) is 13.0 Å². The monoisotopic (exact) mass is 272 g/mol. The molecule has 0 bridgehead atoms. The molecular weight excluding hydrogens is 255 g/mol. The molecule has 104 valence electrons. The minimum atomic E-state index is -0.215. The highest BCUT2D eigenvalue weighted by Crippen LogP contribution is 2.33. The van der Waals surface area contributed by atoms with Crippen LogP contribution in [0, 0.1) is 5.82 Å². The Morgan fingerprint density at radius 3 is 3.10 bits per heavy atom. The van der Waals surface area contributed by atoms with Crippen LogP contribution in [0.3, 0.4) is 0 Å². The lowest BCUT2D eigenvalue weighted by atomic mass is 10.2. The summed E-state index contributed by atoms with van der Waals surface area (Å²) in [5, 5.41) is 3.23. The summed E-state index contributed by atoms with van der Waals surface area (Å²) < 4.78 is 13.4. The summed E-state index contributed by atoms with van der Waals surface area (Å²) in [5.41, 5.74) is 2.96. The third-order valence-electron chi connectivity index (χ3n) is 3.45. The average Bonchev–Trinajstić information content (AvgIpc) is 2.88. The Morgan fingerprint density at radius 2 is 2.25 bits per heavy atom. The molecule has 1 N–H and O–H groups in total. The first-order valence-corrected chi connectivity index (χ1v) is 6.85. The number of nitrogens with zero attached hydrogens (tertiary/aromatic N) is 3. The second-order valence-electron chi connectivity index (χ2n) is 4.82. The van der Waals surface area contributed by atoms with Crippen LogP contribution in [0.25, 0.3) is 0 Å². The van der Waals surface area contributed by atoms with Gasteiger partial charge in [-0.2, -0.15) is 0 Å². The number of nitrogens with one attached hydrogen (secondary N) is 1. The van der Waals surface area contributed by atoms with Gasteiger partial charge in [0, 0.05) is 25.0 Å². The summed E-state index contributed by atoms with van der Waals surface area (Å²) in [6.07, 6.45) is 4.40. The van der Waals surface area contributed by atoms with Crippen molar-refractivity contribution in [2.24, 2.45) is 0 Å². The molecule has 0 fully saturated rings. The van der Waals surface area contributed by atoms with Crippen LogP contribution in [-0.4, -0.2) is 23.1 Å². The first kappa shape index (κ1) is 13.0. The third-order valence-corrected chi connectivity index (χ3v) is 3.45. The molecule has 1 aliphatic heterocycles. The number of anilines is 2. The zero-order chi connectivity index (χ0) is 13.9. The molecule has 4 nitrogen and oxygen atoms in total. The van der Waals surface area contributed by atoms with E-state index in [-0.39, 0.29) is 5.82 Å². The minimum absolute atomic E-state index is 0.215. The summed E-state index contributed by atoms with van der Waals surface area (Å²) in [6, 6.07) is 4.93. The van der Waals surface area contributed by atoms with E-state index in [0.717, 1.165) is 42.3 Å². The van der Waals surface area contributed by atoms with Crippen molar-refractivity contribution in [3.63, 3.8) is 0 Å². The fraction of sp³-hybridized carbons (Fsp3) is 0.333. The average molecular weight is 272 g/mol. The lowest BCUT2D eigenvalue weighted by molar-refractivity contribution is 0.628. The molecule has 0 aliphatic carbocycles. The van der Waals surface area contributed by atoms with Crippen molar-refractivity contribution in [2.75, 3.05) is 18.0 Å². The van der Waals surface area contributed by atoms with Crippen molar-refractivity contribution in [2.45, 2.75) is 19.9 Å². The summed E-state index contributed by atoms with van der Waals surface area (Å²) in [4.78, 5) is 10.9.